The van der Waals surface area contributed by atoms with E-state index in [4.69, 9.17) is 23.2 Å². The van der Waals surface area contributed by atoms with E-state index in [9.17, 15) is 9.18 Å². The number of aromatic nitrogens is 1. The number of aldehydes is 1. The van der Waals surface area contributed by atoms with Gasteiger partial charge in [0.15, 0.2) is 6.29 Å². The second kappa shape index (κ2) is 4.82. The molecule has 86 valence electrons. The lowest BCUT2D eigenvalue weighted by Crippen LogP contribution is -1.94. The zero-order valence-electron chi connectivity index (χ0n) is 8.45. The topological polar surface area (TPSA) is 30.0 Å². The summed E-state index contributed by atoms with van der Waals surface area (Å²) >= 11 is 11.9. The van der Waals surface area contributed by atoms with Gasteiger partial charge in [0.1, 0.15) is 5.82 Å². The lowest BCUT2D eigenvalue weighted by Gasteiger charge is -2.07. The van der Waals surface area contributed by atoms with Crippen LogP contribution in [0, 0.1) is 5.82 Å². The highest BCUT2D eigenvalue weighted by atomic mass is 35.5. The van der Waals surface area contributed by atoms with E-state index < -0.39 is 5.82 Å². The molecule has 2 aromatic rings. The van der Waals surface area contributed by atoms with Crippen molar-refractivity contribution in [3.63, 3.8) is 0 Å². The van der Waals surface area contributed by atoms with Gasteiger partial charge in [-0.1, -0.05) is 35.3 Å². The van der Waals surface area contributed by atoms with Crippen LogP contribution in [0.25, 0.3) is 11.3 Å². The van der Waals surface area contributed by atoms with Crippen LogP contribution in [-0.4, -0.2) is 11.3 Å². The molecule has 1 heterocycles. The van der Waals surface area contributed by atoms with Gasteiger partial charge in [-0.3, -0.25) is 9.78 Å². The number of hydrogen-bond donors (Lipinski definition) is 0. The quantitative estimate of drug-likeness (QED) is 0.772. The van der Waals surface area contributed by atoms with Gasteiger partial charge >= 0.3 is 0 Å². The number of rotatable bonds is 2. The fourth-order valence-electron chi connectivity index (χ4n) is 1.46. The van der Waals surface area contributed by atoms with Crippen LogP contribution >= 0.6 is 23.2 Å². The molecule has 0 aliphatic carbocycles. The van der Waals surface area contributed by atoms with Crippen molar-refractivity contribution in [1.29, 1.82) is 0 Å². The van der Waals surface area contributed by atoms with Crippen LogP contribution in [0.5, 0.6) is 0 Å². The maximum atomic E-state index is 12.9. The molecule has 0 fully saturated rings. The molecule has 0 unspecified atom stereocenters. The predicted octanol–water partition coefficient (Wildman–Crippen LogP) is 4.01. The number of pyridine rings is 1. The molecule has 0 radical (unpaired) electrons. The van der Waals surface area contributed by atoms with Gasteiger partial charge in [0.05, 0.1) is 21.9 Å². The highest BCUT2D eigenvalue weighted by molar-refractivity contribution is 6.43. The van der Waals surface area contributed by atoms with E-state index in [2.05, 4.69) is 4.98 Å². The van der Waals surface area contributed by atoms with Crippen molar-refractivity contribution in [3.8, 4) is 11.3 Å². The Bertz CT molecular complexity index is 587. The molecular weight excluding hydrogens is 264 g/mol. The lowest BCUT2D eigenvalue weighted by atomic mass is 10.1. The van der Waals surface area contributed by atoms with Crippen molar-refractivity contribution < 1.29 is 9.18 Å². The fourth-order valence-corrected chi connectivity index (χ4v) is 1.85. The Morgan fingerprint density at radius 1 is 1.29 bits per heavy atom. The molecule has 0 spiro atoms. The smallest absolute Gasteiger partial charge is 0.152 e. The average molecular weight is 270 g/mol. The lowest BCUT2D eigenvalue weighted by molar-refractivity contribution is 0.112. The number of hydrogen-bond acceptors (Lipinski definition) is 2. The summed E-state index contributed by atoms with van der Waals surface area (Å²) < 4.78 is 12.9. The van der Waals surface area contributed by atoms with Gasteiger partial charge in [-0.15, -0.1) is 0 Å². The van der Waals surface area contributed by atoms with Crippen LogP contribution in [0.3, 0.4) is 0 Å². The van der Waals surface area contributed by atoms with Crippen LogP contribution in [0.4, 0.5) is 4.39 Å². The van der Waals surface area contributed by atoms with Crippen LogP contribution in [0.1, 0.15) is 10.4 Å². The Morgan fingerprint density at radius 3 is 2.76 bits per heavy atom. The van der Waals surface area contributed by atoms with E-state index in [1.54, 1.807) is 18.2 Å². The SMILES string of the molecule is O=Cc1cc(F)cnc1-c1cccc(Cl)c1Cl. The highest BCUT2D eigenvalue weighted by Gasteiger charge is 2.12. The number of carbonyl (C=O) groups excluding carboxylic acids is 1. The number of carbonyl (C=O) groups is 1. The fraction of sp³-hybridized carbons (Fsp3) is 0. The molecule has 0 aliphatic rings. The first-order chi connectivity index (χ1) is 8.13. The van der Waals surface area contributed by atoms with Crippen LogP contribution in [0.2, 0.25) is 10.0 Å². The normalized spacial score (nSPS) is 10.3. The molecule has 0 saturated heterocycles. The molecule has 1 aromatic heterocycles. The zero-order valence-corrected chi connectivity index (χ0v) is 9.97. The number of benzene rings is 1. The van der Waals surface area contributed by atoms with Crippen molar-refractivity contribution in [1.82, 2.24) is 4.98 Å². The summed E-state index contributed by atoms with van der Waals surface area (Å²) in [4.78, 5) is 14.7. The third kappa shape index (κ3) is 2.30. The van der Waals surface area contributed by atoms with Gasteiger partial charge in [0, 0.05) is 11.1 Å². The number of halogens is 3. The predicted molar refractivity (Wildman–Crippen MR) is 65.0 cm³/mol. The van der Waals surface area contributed by atoms with Gasteiger partial charge in [-0.25, -0.2) is 4.39 Å². The Kier molecular flexibility index (Phi) is 3.41. The van der Waals surface area contributed by atoms with Gasteiger partial charge in [0.25, 0.3) is 0 Å². The van der Waals surface area contributed by atoms with Gasteiger partial charge in [0.2, 0.25) is 0 Å². The van der Waals surface area contributed by atoms with Crippen LogP contribution in [0.15, 0.2) is 30.5 Å². The Balaban J connectivity index is 2.68. The summed E-state index contributed by atoms with van der Waals surface area (Å²) in [6.45, 7) is 0. The summed E-state index contributed by atoms with van der Waals surface area (Å²) in [5.41, 5.74) is 0.948. The molecule has 0 atom stereocenters. The van der Waals surface area contributed by atoms with E-state index in [1.807, 2.05) is 0 Å². The van der Waals surface area contributed by atoms with Crippen molar-refractivity contribution >= 4 is 29.5 Å². The molecule has 0 N–H and O–H groups in total. The molecule has 2 rings (SSSR count). The summed E-state index contributed by atoms with van der Waals surface area (Å²) in [6.07, 6.45) is 1.56. The third-order valence-electron chi connectivity index (χ3n) is 2.22. The largest absolute Gasteiger partial charge is 0.298 e. The standard InChI is InChI=1S/C12H6Cl2FNO/c13-10-3-1-2-9(11(10)14)12-7(6-17)4-8(15)5-16-12/h1-6H. The van der Waals surface area contributed by atoms with Crippen molar-refractivity contribution in [2.75, 3.05) is 0 Å². The summed E-state index contributed by atoms with van der Waals surface area (Å²) in [6, 6.07) is 6.08. The molecule has 2 nitrogen and oxygen atoms in total. The van der Waals surface area contributed by atoms with E-state index >= 15 is 0 Å². The minimum absolute atomic E-state index is 0.133. The highest BCUT2D eigenvalue weighted by Crippen LogP contribution is 2.33. The maximum absolute atomic E-state index is 12.9. The Hall–Kier alpha value is -1.45. The number of nitrogens with zero attached hydrogens (tertiary/aromatic N) is 1. The molecule has 0 saturated carbocycles. The monoisotopic (exact) mass is 269 g/mol. The summed E-state index contributed by atoms with van der Waals surface area (Å²) in [7, 11) is 0. The van der Waals surface area contributed by atoms with Crippen LogP contribution in [-0.2, 0) is 0 Å². The van der Waals surface area contributed by atoms with Crippen LogP contribution < -0.4 is 0 Å². The van der Waals surface area contributed by atoms with Crippen molar-refractivity contribution in [2.45, 2.75) is 0 Å². The van der Waals surface area contributed by atoms with E-state index in [0.29, 0.717) is 22.6 Å². The van der Waals surface area contributed by atoms with E-state index in [-0.39, 0.29) is 10.6 Å². The third-order valence-corrected chi connectivity index (χ3v) is 3.04. The summed E-state index contributed by atoms with van der Waals surface area (Å²) in [5, 5.41) is 0.642. The average Bonchev–Trinajstić information content (AvgIpc) is 2.33. The van der Waals surface area contributed by atoms with Crippen molar-refractivity contribution in [2.24, 2.45) is 0 Å². The second-order valence-electron chi connectivity index (χ2n) is 3.31. The van der Waals surface area contributed by atoms with E-state index in [0.717, 1.165) is 12.3 Å². The zero-order chi connectivity index (χ0) is 12.4. The maximum Gasteiger partial charge on any atom is 0.152 e. The summed E-state index contributed by atoms with van der Waals surface area (Å²) in [5.74, 6) is -0.575. The second-order valence-corrected chi connectivity index (χ2v) is 4.10. The Morgan fingerprint density at radius 2 is 2.06 bits per heavy atom. The van der Waals surface area contributed by atoms with Gasteiger partial charge in [-0.05, 0) is 12.1 Å². The Labute approximate surface area is 107 Å². The molecule has 5 heteroatoms. The van der Waals surface area contributed by atoms with Gasteiger partial charge in [-0.2, -0.15) is 0 Å². The minimum Gasteiger partial charge on any atom is -0.298 e. The molecule has 0 bridgehead atoms. The first-order valence-corrected chi connectivity index (χ1v) is 5.44. The molecule has 1 aromatic carbocycles. The molecule has 0 amide bonds. The molecule has 17 heavy (non-hydrogen) atoms. The minimum atomic E-state index is -0.575. The first kappa shape index (κ1) is 12.0. The van der Waals surface area contributed by atoms with E-state index in [1.165, 1.54) is 0 Å². The first-order valence-electron chi connectivity index (χ1n) is 4.68. The van der Waals surface area contributed by atoms with Crippen molar-refractivity contribution in [3.05, 3.63) is 51.9 Å². The molecular formula is C12H6Cl2FNO. The molecule has 0 aliphatic heterocycles. The van der Waals surface area contributed by atoms with Gasteiger partial charge < -0.3 is 0 Å².